The molecule has 6 atom stereocenters. The van der Waals surface area contributed by atoms with E-state index in [0.717, 1.165) is 74.0 Å². The largest absolute Gasteiger partial charge is 0.487 e. The molecule has 6 aliphatic rings. The summed E-state index contributed by atoms with van der Waals surface area (Å²) in [5.74, 6) is 1.85. The normalized spacial score (nSPS) is 31.6. The summed E-state index contributed by atoms with van der Waals surface area (Å²) in [5, 5.41) is 35.6. The number of aliphatic hydroxyl groups is 2. The molecule has 1 saturated carbocycles. The van der Waals surface area contributed by atoms with E-state index in [-0.39, 0.29) is 23.0 Å². The zero-order valence-corrected chi connectivity index (χ0v) is 31.8. The number of hydrogen-bond donors (Lipinski definition) is 4. The molecule has 4 aliphatic carbocycles. The molecule has 0 amide bonds. The van der Waals surface area contributed by atoms with Crippen LogP contribution in [-0.2, 0) is 14.3 Å². The van der Waals surface area contributed by atoms with Crippen molar-refractivity contribution in [2.24, 2.45) is 28.8 Å². The van der Waals surface area contributed by atoms with Crippen LogP contribution in [0.4, 0.5) is 0 Å². The van der Waals surface area contributed by atoms with E-state index in [0.29, 0.717) is 30.3 Å². The van der Waals surface area contributed by atoms with E-state index < -0.39 is 18.2 Å². The molecule has 8 heteroatoms. The highest BCUT2D eigenvalue weighted by molar-refractivity contribution is 5.87. The van der Waals surface area contributed by atoms with Gasteiger partial charge in [0.05, 0.1) is 12.2 Å². The van der Waals surface area contributed by atoms with Gasteiger partial charge in [-0.15, -0.1) is 0 Å². The summed E-state index contributed by atoms with van der Waals surface area (Å²) in [5.41, 5.74) is 8.70. The van der Waals surface area contributed by atoms with E-state index in [9.17, 15) is 20.1 Å². The summed E-state index contributed by atoms with van der Waals surface area (Å²) < 4.78 is 12.8. The molecule has 0 aromatic heterocycles. The molecule has 50 heavy (non-hydrogen) atoms. The zero-order valence-electron chi connectivity index (χ0n) is 31.8. The van der Waals surface area contributed by atoms with Gasteiger partial charge in [0.15, 0.2) is 0 Å². The molecule has 0 saturated heterocycles. The maximum absolute atomic E-state index is 11.4. The molecular formula is C42H64N2O6. The first kappa shape index (κ1) is 38.4. The van der Waals surface area contributed by atoms with Gasteiger partial charge in [-0.2, -0.15) is 5.10 Å². The molecule has 2 unspecified atom stereocenters. The summed E-state index contributed by atoms with van der Waals surface area (Å²) in [6, 6.07) is 0. The number of carbonyl (C=O) groups is 1. The zero-order chi connectivity index (χ0) is 36.2. The minimum absolute atomic E-state index is 0.0398. The number of carboxylic acids is 1. The first-order valence-corrected chi connectivity index (χ1v) is 19.6. The van der Waals surface area contributed by atoms with Crippen molar-refractivity contribution >= 4 is 11.7 Å². The number of aliphatic hydroxyl groups excluding tert-OH is 2. The number of nitrogens with one attached hydrogen (secondary N) is 1. The first-order chi connectivity index (χ1) is 23.8. The van der Waals surface area contributed by atoms with Crippen molar-refractivity contribution in [3.8, 4) is 0 Å². The van der Waals surface area contributed by atoms with Gasteiger partial charge in [0.25, 0.3) is 0 Å². The van der Waals surface area contributed by atoms with Gasteiger partial charge in [0, 0.05) is 47.2 Å². The number of unbranched alkanes of at least 4 members (excludes halogenated alkanes) is 4. The Balaban J connectivity index is 0.000000194. The van der Waals surface area contributed by atoms with Crippen LogP contribution in [0.1, 0.15) is 138 Å². The first-order valence-electron chi connectivity index (χ1n) is 19.6. The van der Waals surface area contributed by atoms with E-state index in [1.54, 1.807) is 0 Å². The smallest absolute Gasteiger partial charge is 0.331 e. The lowest BCUT2D eigenvalue weighted by molar-refractivity contribution is -0.133. The minimum atomic E-state index is -0.842. The fourth-order valence-electron chi connectivity index (χ4n) is 9.58. The molecule has 1 fully saturated rings. The number of carboxylic acid groups (broad SMARTS) is 1. The quantitative estimate of drug-likeness (QED) is 0.102. The second-order valence-corrected chi connectivity index (χ2v) is 16.5. The SMILES string of the molecule is CCCCC[13C]1=[13CH][13C]2=[13C]([C@@H]3C=C(C(=O)O)CC[C@H]3C(C)(C)O2)[13CH](O)[13CH2]1.CCCCC[13C]1=[13CH][13C]2=[13C]([C@@H]3CC(=NNC)CC[C@H]3C(C)(C)O2)[13CH](O)[13CH2]1. The van der Waals surface area contributed by atoms with E-state index >= 15 is 0 Å². The van der Waals surface area contributed by atoms with Crippen molar-refractivity contribution in [3.05, 3.63) is 57.6 Å². The van der Waals surface area contributed by atoms with Gasteiger partial charge in [-0.25, -0.2) is 4.79 Å². The molecule has 0 spiro atoms. The highest BCUT2D eigenvalue weighted by Crippen LogP contribution is 2.52. The number of aliphatic carboxylic acids is 1. The van der Waals surface area contributed by atoms with Crippen molar-refractivity contribution in [3.63, 3.8) is 0 Å². The van der Waals surface area contributed by atoms with E-state index in [1.807, 2.05) is 13.1 Å². The van der Waals surface area contributed by atoms with Crippen molar-refractivity contribution in [1.29, 1.82) is 0 Å². The standard InChI is InChI=1S/C21H34N2O2.C21H30O4/c1-5-6-7-8-14-11-18(24)20-16-13-15(23-22-4)9-10-17(16)21(2,3)25-19(20)12-14;1-4-5-6-7-13-10-17(22)19-15-12-14(20(23)24)8-9-16(15)21(2,3)25-18(19)11-13/h12,16-18,22,24H,5-11,13H2,1-4H3;11-12,15-17,22H,4-10H2,1-3H3,(H,23,24)/t16-,17-,18?;15-,16-,17?/m11/s1/i11+1,12+1,14+1,18+1,19+1,20+1;10+1,11+1,13+1,17+1,18+1,19+1. The maximum atomic E-state index is 11.4. The maximum Gasteiger partial charge on any atom is 0.331 e. The average Bonchev–Trinajstić information content (AvgIpc) is 3.04. The van der Waals surface area contributed by atoms with Crippen LogP contribution in [0.5, 0.6) is 0 Å². The Bertz CT molecular complexity index is 1450. The third-order valence-electron chi connectivity index (χ3n) is 12.1. The predicted octanol–water partition coefficient (Wildman–Crippen LogP) is 8.67. The summed E-state index contributed by atoms with van der Waals surface area (Å²) in [6.07, 6.45) is 20.3. The lowest BCUT2D eigenvalue weighted by Crippen LogP contribution is -2.49. The monoisotopic (exact) mass is 705 g/mol. The molecule has 0 radical (unpaired) electrons. The topological polar surface area (TPSA) is 121 Å². The molecule has 0 aromatic carbocycles. The number of hydrogen-bond acceptors (Lipinski definition) is 7. The second kappa shape index (κ2) is 16.2. The number of nitrogens with zero attached hydrogens (tertiary/aromatic N) is 1. The fraction of sp³-hybridized carbons (Fsp3) is 0.714. The minimum Gasteiger partial charge on any atom is -0.487 e. The molecule has 278 valence electrons. The fourth-order valence-corrected chi connectivity index (χ4v) is 9.58. The third-order valence-corrected chi connectivity index (χ3v) is 12.1. The second-order valence-electron chi connectivity index (χ2n) is 16.5. The van der Waals surface area contributed by atoms with E-state index in [1.165, 1.54) is 49.0 Å². The van der Waals surface area contributed by atoms with Crippen molar-refractivity contribution < 1.29 is 29.6 Å². The molecule has 4 N–H and O–H groups in total. The number of hydrazone groups is 1. The van der Waals surface area contributed by atoms with Gasteiger partial charge in [-0.1, -0.05) is 56.8 Å². The van der Waals surface area contributed by atoms with Crippen molar-refractivity contribution in [2.75, 3.05) is 7.05 Å². The lowest BCUT2D eigenvalue weighted by atomic mass is 9.72. The predicted molar refractivity (Wildman–Crippen MR) is 199 cm³/mol. The Morgan fingerprint density at radius 1 is 0.820 bits per heavy atom. The van der Waals surface area contributed by atoms with Gasteiger partial charge in [-0.3, -0.25) is 0 Å². The van der Waals surface area contributed by atoms with Crippen LogP contribution < -0.4 is 5.43 Å². The summed E-state index contributed by atoms with van der Waals surface area (Å²) in [7, 11) is 1.86. The molecule has 0 bridgehead atoms. The van der Waals surface area contributed by atoms with Crippen LogP contribution in [0, 0.1) is 23.7 Å². The van der Waals surface area contributed by atoms with Crippen molar-refractivity contribution in [1.82, 2.24) is 5.43 Å². The van der Waals surface area contributed by atoms with Crippen LogP contribution in [0.2, 0.25) is 0 Å². The van der Waals surface area contributed by atoms with Crippen LogP contribution in [0.25, 0.3) is 0 Å². The Labute approximate surface area is 300 Å². The van der Waals surface area contributed by atoms with Gasteiger partial charge in [-0.05, 0) is 116 Å². The summed E-state index contributed by atoms with van der Waals surface area (Å²) in [6.45, 7) is 13.0. The number of fused-ring (bicyclic) bond motifs is 4. The molecule has 6 rings (SSSR count). The third kappa shape index (κ3) is 8.44. The van der Waals surface area contributed by atoms with Gasteiger partial charge in [0.1, 0.15) is 22.7 Å². The number of ether oxygens (including phenoxy) is 2. The highest BCUT2D eigenvalue weighted by atomic mass is 16.6. The van der Waals surface area contributed by atoms with Gasteiger partial charge >= 0.3 is 5.97 Å². The molecule has 8 nitrogen and oxygen atoms in total. The van der Waals surface area contributed by atoms with Crippen molar-refractivity contribution in [2.45, 2.75) is 161 Å². The Morgan fingerprint density at radius 3 is 1.92 bits per heavy atom. The van der Waals surface area contributed by atoms with Crippen LogP contribution in [-0.4, -0.2) is 57.5 Å². The lowest BCUT2D eigenvalue weighted by Gasteiger charge is -2.50. The van der Waals surface area contributed by atoms with Gasteiger partial charge in [0.2, 0.25) is 0 Å². The Kier molecular flexibility index (Phi) is 12.5. The average molecular weight is 705 g/mol. The molecule has 2 heterocycles. The van der Waals surface area contributed by atoms with Crippen LogP contribution >= 0.6 is 0 Å². The molecule has 0 aromatic rings. The van der Waals surface area contributed by atoms with E-state index in [4.69, 9.17) is 9.47 Å². The molecular weight excluding hydrogens is 640 g/mol. The number of allylic oxidation sites excluding steroid dienone is 3. The van der Waals surface area contributed by atoms with E-state index in [2.05, 4.69) is 64.2 Å². The Hall–Kier alpha value is -2.84. The van der Waals surface area contributed by atoms with Crippen LogP contribution in [0.15, 0.2) is 62.7 Å². The summed E-state index contributed by atoms with van der Waals surface area (Å²) in [4.78, 5) is 11.4. The summed E-state index contributed by atoms with van der Waals surface area (Å²) >= 11 is 0. The number of rotatable bonds is 10. The Morgan fingerprint density at radius 2 is 1.36 bits per heavy atom. The highest BCUT2D eigenvalue weighted by Gasteiger charge is 2.50. The van der Waals surface area contributed by atoms with Gasteiger partial charge < -0.3 is 30.2 Å². The molecule has 2 aliphatic heterocycles. The van der Waals surface area contributed by atoms with Crippen LogP contribution in [0.3, 0.4) is 0 Å².